The fourth-order valence-corrected chi connectivity index (χ4v) is 3.60. The van der Waals surface area contributed by atoms with Crippen molar-refractivity contribution in [1.82, 2.24) is 15.2 Å². The highest BCUT2D eigenvalue weighted by Crippen LogP contribution is 2.17. The van der Waals surface area contributed by atoms with Crippen LogP contribution in [0, 0.1) is 5.82 Å². The Hall–Kier alpha value is -2.74. The lowest BCUT2D eigenvalue weighted by molar-refractivity contribution is 0.306. The fourth-order valence-electron chi connectivity index (χ4n) is 2.24. The molecule has 0 atom stereocenters. The number of hydrogen-bond acceptors (Lipinski definition) is 5. The van der Waals surface area contributed by atoms with Gasteiger partial charge in [0.15, 0.2) is 9.84 Å². The van der Waals surface area contributed by atoms with Crippen LogP contribution in [0.15, 0.2) is 54.9 Å². The van der Waals surface area contributed by atoms with Crippen molar-refractivity contribution < 1.29 is 17.5 Å². The SMILES string of the molecule is O=S(=O)(Cc1ccc(OCc2ccc(F)cc2)cc1)Cc1ncn[nH]1. The number of rotatable bonds is 7. The Bertz CT molecular complexity index is 909. The highest BCUT2D eigenvalue weighted by atomic mass is 32.2. The Balaban J connectivity index is 1.57. The van der Waals surface area contributed by atoms with Crippen molar-refractivity contribution in [2.24, 2.45) is 0 Å². The second-order valence-corrected chi connectivity index (χ2v) is 7.59. The smallest absolute Gasteiger partial charge is 0.161 e. The third-order valence-electron chi connectivity index (χ3n) is 3.45. The molecule has 1 heterocycles. The van der Waals surface area contributed by atoms with E-state index in [1.807, 2.05) is 0 Å². The zero-order chi connectivity index (χ0) is 17.7. The predicted molar refractivity (Wildman–Crippen MR) is 89.9 cm³/mol. The molecule has 3 rings (SSSR count). The van der Waals surface area contributed by atoms with Crippen LogP contribution < -0.4 is 4.74 Å². The van der Waals surface area contributed by atoms with E-state index in [9.17, 15) is 12.8 Å². The van der Waals surface area contributed by atoms with Gasteiger partial charge in [-0.05, 0) is 35.4 Å². The van der Waals surface area contributed by atoms with Crippen LogP contribution in [0.25, 0.3) is 0 Å². The number of aromatic amines is 1. The van der Waals surface area contributed by atoms with Gasteiger partial charge in [-0.3, -0.25) is 5.10 Å². The fraction of sp³-hybridized carbons (Fsp3) is 0.176. The molecule has 0 aliphatic heterocycles. The van der Waals surface area contributed by atoms with Crippen LogP contribution >= 0.6 is 0 Å². The van der Waals surface area contributed by atoms with Gasteiger partial charge in [-0.15, -0.1) is 0 Å². The van der Waals surface area contributed by atoms with Crippen molar-refractivity contribution in [3.8, 4) is 5.75 Å². The van der Waals surface area contributed by atoms with Crippen molar-refractivity contribution in [2.45, 2.75) is 18.1 Å². The maximum Gasteiger partial charge on any atom is 0.161 e. The molecule has 0 saturated heterocycles. The molecular formula is C17H16FN3O3S. The van der Waals surface area contributed by atoms with Crippen LogP contribution in [0.2, 0.25) is 0 Å². The topological polar surface area (TPSA) is 84.9 Å². The summed E-state index contributed by atoms with van der Waals surface area (Å²) in [6.45, 7) is 0.309. The van der Waals surface area contributed by atoms with Gasteiger partial charge in [0.1, 0.15) is 36.1 Å². The highest BCUT2D eigenvalue weighted by molar-refractivity contribution is 7.89. The third kappa shape index (κ3) is 5.12. The number of halogens is 1. The molecule has 0 fully saturated rings. The first-order valence-corrected chi connectivity index (χ1v) is 9.33. The average molecular weight is 361 g/mol. The van der Waals surface area contributed by atoms with E-state index in [4.69, 9.17) is 4.74 Å². The lowest BCUT2D eigenvalue weighted by Crippen LogP contribution is -2.08. The van der Waals surface area contributed by atoms with Crippen molar-refractivity contribution in [3.63, 3.8) is 0 Å². The minimum absolute atomic E-state index is 0.0913. The number of sulfone groups is 1. The average Bonchev–Trinajstić information content (AvgIpc) is 3.07. The second-order valence-electron chi connectivity index (χ2n) is 5.52. The number of H-pyrrole nitrogens is 1. The van der Waals surface area contributed by atoms with Gasteiger partial charge in [-0.2, -0.15) is 5.10 Å². The Kier molecular flexibility index (Phi) is 5.08. The van der Waals surface area contributed by atoms with Gasteiger partial charge < -0.3 is 4.74 Å². The van der Waals surface area contributed by atoms with E-state index in [-0.39, 0.29) is 17.3 Å². The summed E-state index contributed by atoms with van der Waals surface area (Å²) in [5.41, 5.74) is 1.51. The number of benzene rings is 2. The molecule has 3 aromatic rings. The molecule has 0 aliphatic carbocycles. The zero-order valence-electron chi connectivity index (χ0n) is 13.2. The number of nitrogens with zero attached hydrogens (tertiary/aromatic N) is 2. The van der Waals surface area contributed by atoms with E-state index in [0.717, 1.165) is 5.56 Å². The lowest BCUT2D eigenvalue weighted by Gasteiger charge is -2.08. The molecule has 0 amide bonds. The first-order chi connectivity index (χ1) is 12.0. The number of hydrogen-bond donors (Lipinski definition) is 1. The van der Waals surface area contributed by atoms with Gasteiger partial charge in [0.2, 0.25) is 0 Å². The highest BCUT2D eigenvalue weighted by Gasteiger charge is 2.15. The van der Waals surface area contributed by atoms with Crippen LogP contribution in [0.4, 0.5) is 4.39 Å². The van der Waals surface area contributed by atoms with Crippen molar-refractivity contribution in [1.29, 1.82) is 0 Å². The lowest BCUT2D eigenvalue weighted by atomic mass is 10.2. The van der Waals surface area contributed by atoms with Crippen molar-refractivity contribution >= 4 is 9.84 Å². The molecule has 130 valence electrons. The van der Waals surface area contributed by atoms with Gasteiger partial charge in [-0.25, -0.2) is 17.8 Å². The summed E-state index contributed by atoms with van der Waals surface area (Å²) >= 11 is 0. The molecule has 8 heteroatoms. The summed E-state index contributed by atoms with van der Waals surface area (Å²) in [5, 5.41) is 6.18. The van der Waals surface area contributed by atoms with Crippen LogP contribution in [0.5, 0.6) is 5.75 Å². The minimum Gasteiger partial charge on any atom is -0.489 e. The van der Waals surface area contributed by atoms with Crippen molar-refractivity contribution in [3.05, 3.63) is 77.6 Å². The summed E-state index contributed by atoms with van der Waals surface area (Å²) in [4.78, 5) is 3.83. The summed E-state index contributed by atoms with van der Waals surface area (Å²) in [7, 11) is -3.34. The van der Waals surface area contributed by atoms with Gasteiger partial charge >= 0.3 is 0 Å². The summed E-state index contributed by atoms with van der Waals surface area (Å²) in [6, 6.07) is 12.9. The zero-order valence-corrected chi connectivity index (χ0v) is 14.0. The van der Waals surface area contributed by atoms with E-state index >= 15 is 0 Å². The summed E-state index contributed by atoms with van der Waals surface area (Å²) in [6.07, 6.45) is 1.28. The van der Waals surface area contributed by atoms with E-state index in [1.54, 1.807) is 36.4 Å². The molecule has 1 aromatic heterocycles. The Labute approximate surface area is 144 Å². The molecule has 0 aliphatic rings. The van der Waals surface area contributed by atoms with Gasteiger partial charge in [-0.1, -0.05) is 24.3 Å². The van der Waals surface area contributed by atoms with Crippen LogP contribution in [0.3, 0.4) is 0 Å². The minimum atomic E-state index is -3.34. The van der Waals surface area contributed by atoms with Gasteiger partial charge in [0, 0.05) is 0 Å². The summed E-state index contributed by atoms with van der Waals surface area (Å²) in [5.74, 6) is 0.362. The monoisotopic (exact) mass is 361 g/mol. The molecule has 25 heavy (non-hydrogen) atoms. The molecule has 0 bridgehead atoms. The second kappa shape index (κ2) is 7.43. The molecule has 0 saturated carbocycles. The molecule has 1 N–H and O–H groups in total. The van der Waals surface area contributed by atoms with Gasteiger partial charge in [0.25, 0.3) is 0 Å². The normalized spacial score (nSPS) is 11.4. The first-order valence-electron chi connectivity index (χ1n) is 7.51. The molecule has 2 aromatic carbocycles. The number of aromatic nitrogens is 3. The molecule has 0 radical (unpaired) electrons. The number of nitrogens with one attached hydrogen (secondary N) is 1. The standard InChI is InChI=1S/C17H16FN3O3S/c18-15-5-1-13(2-6-15)9-24-16-7-3-14(4-8-16)10-25(22,23)11-17-19-12-20-21-17/h1-8,12H,9-11H2,(H,19,20,21). The quantitative estimate of drug-likeness (QED) is 0.699. The maximum atomic E-state index is 12.8. The Morgan fingerprint density at radius 2 is 1.64 bits per heavy atom. The molecule has 6 nitrogen and oxygen atoms in total. The van der Waals surface area contributed by atoms with Crippen molar-refractivity contribution in [2.75, 3.05) is 0 Å². The van der Waals surface area contributed by atoms with E-state index in [2.05, 4.69) is 15.2 Å². The van der Waals surface area contributed by atoms with E-state index in [1.165, 1.54) is 18.5 Å². The van der Waals surface area contributed by atoms with E-state index in [0.29, 0.717) is 23.7 Å². The molecule has 0 unspecified atom stereocenters. The van der Waals surface area contributed by atoms with Crippen LogP contribution in [-0.4, -0.2) is 23.6 Å². The third-order valence-corrected chi connectivity index (χ3v) is 4.94. The van der Waals surface area contributed by atoms with Crippen LogP contribution in [0.1, 0.15) is 17.0 Å². The number of ether oxygens (including phenoxy) is 1. The molecular weight excluding hydrogens is 345 g/mol. The maximum absolute atomic E-state index is 12.8. The van der Waals surface area contributed by atoms with E-state index < -0.39 is 9.84 Å². The van der Waals surface area contributed by atoms with Crippen LogP contribution in [-0.2, 0) is 27.9 Å². The largest absolute Gasteiger partial charge is 0.489 e. The predicted octanol–water partition coefficient (Wildman–Crippen LogP) is 2.64. The summed E-state index contributed by atoms with van der Waals surface area (Å²) < 4.78 is 42.7. The Morgan fingerprint density at radius 3 is 2.28 bits per heavy atom. The first kappa shape index (κ1) is 17.1. The Morgan fingerprint density at radius 1 is 0.960 bits per heavy atom. The van der Waals surface area contributed by atoms with Gasteiger partial charge in [0.05, 0.1) is 5.75 Å². The molecule has 0 spiro atoms.